The number of amides is 1. The van der Waals surface area contributed by atoms with Crippen LogP contribution in [-0.2, 0) is 4.79 Å². The maximum atomic E-state index is 13.1. The van der Waals surface area contributed by atoms with E-state index < -0.39 is 0 Å². The van der Waals surface area contributed by atoms with E-state index in [1.165, 1.54) is 30.0 Å². The highest BCUT2D eigenvalue weighted by Crippen LogP contribution is 2.25. The molecule has 0 aliphatic heterocycles. The Morgan fingerprint density at radius 2 is 1.95 bits per heavy atom. The summed E-state index contributed by atoms with van der Waals surface area (Å²) in [5, 5.41) is 3.32. The van der Waals surface area contributed by atoms with Crippen LogP contribution in [0.1, 0.15) is 0 Å². The summed E-state index contributed by atoms with van der Waals surface area (Å²) in [6, 6.07) is 10.9. The number of carbonyl (C=O) groups excluding carboxylic acids is 1. The summed E-state index contributed by atoms with van der Waals surface area (Å²) in [5.74, 6) is -0.420. The van der Waals surface area contributed by atoms with Crippen LogP contribution >= 0.6 is 23.4 Å². The van der Waals surface area contributed by atoms with Crippen LogP contribution in [0.2, 0.25) is 5.02 Å². The average Bonchev–Trinajstić information content (AvgIpc) is 2.42. The van der Waals surface area contributed by atoms with Gasteiger partial charge in [-0.15, -0.1) is 11.8 Å². The molecule has 0 aromatic heterocycles. The third kappa shape index (κ3) is 4.15. The number of rotatable bonds is 4. The number of hydrogen-bond donors (Lipinski definition) is 2. The SMILES string of the molecule is Nc1ccc(F)cc1SCC(=O)Nc1ccc(Cl)cc1. The fourth-order valence-electron chi connectivity index (χ4n) is 1.51. The minimum Gasteiger partial charge on any atom is -0.398 e. The monoisotopic (exact) mass is 310 g/mol. The van der Waals surface area contributed by atoms with Gasteiger partial charge in [0, 0.05) is 21.3 Å². The van der Waals surface area contributed by atoms with Gasteiger partial charge in [-0.2, -0.15) is 0 Å². The first-order valence-corrected chi connectivity index (χ1v) is 7.14. The van der Waals surface area contributed by atoms with Crippen molar-refractivity contribution in [2.75, 3.05) is 16.8 Å². The Morgan fingerprint density at radius 1 is 1.25 bits per heavy atom. The summed E-state index contributed by atoms with van der Waals surface area (Å²) in [6.45, 7) is 0. The minimum absolute atomic E-state index is 0.149. The van der Waals surface area contributed by atoms with Gasteiger partial charge in [0.1, 0.15) is 5.82 Å². The van der Waals surface area contributed by atoms with E-state index in [1.807, 2.05) is 0 Å². The zero-order chi connectivity index (χ0) is 14.5. The average molecular weight is 311 g/mol. The third-order valence-corrected chi connectivity index (χ3v) is 3.79. The quantitative estimate of drug-likeness (QED) is 0.667. The van der Waals surface area contributed by atoms with E-state index in [1.54, 1.807) is 24.3 Å². The van der Waals surface area contributed by atoms with Gasteiger partial charge in [0.25, 0.3) is 0 Å². The molecule has 2 rings (SSSR count). The van der Waals surface area contributed by atoms with Gasteiger partial charge in [-0.3, -0.25) is 4.79 Å². The van der Waals surface area contributed by atoms with Crippen LogP contribution in [0.25, 0.3) is 0 Å². The van der Waals surface area contributed by atoms with Gasteiger partial charge in [0.15, 0.2) is 0 Å². The van der Waals surface area contributed by atoms with Crippen molar-refractivity contribution in [2.45, 2.75) is 4.90 Å². The van der Waals surface area contributed by atoms with Crippen molar-refractivity contribution in [1.29, 1.82) is 0 Å². The van der Waals surface area contributed by atoms with Crippen LogP contribution in [-0.4, -0.2) is 11.7 Å². The van der Waals surface area contributed by atoms with E-state index >= 15 is 0 Å². The Bertz CT molecular complexity index is 619. The first kappa shape index (κ1) is 14.7. The highest BCUT2D eigenvalue weighted by atomic mass is 35.5. The molecule has 6 heteroatoms. The van der Waals surface area contributed by atoms with E-state index in [4.69, 9.17) is 17.3 Å². The van der Waals surface area contributed by atoms with Crippen LogP contribution in [0.15, 0.2) is 47.4 Å². The maximum absolute atomic E-state index is 13.1. The summed E-state index contributed by atoms with van der Waals surface area (Å²) in [6.07, 6.45) is 0. The number of nitrogens with one attached hydrogen (secondary N) is 1. The third-order valence-electron chi connectivity index (χ3n) is 2.46. The number of nitrogens with two attached hydrogens (primary N) is 1. The van der Waals surface area contributed by atoms with Gasteiger partial charge in [0.05, 0.1) is 5.75 Å². The molecule has 0 aliphatic rings. The molecule has 3 N–H and O–H groups in total. The van der Waals surface area contributed by atoms with E-state index in [9.17, 15) is 9.18 Å². The zero-order valence-electron chi connectivity index (χ0n) is 10.4. The number of anilines is 2. The predicted molar refractivity (Wildman–Crippen MR) is 81.6 cm³/mol. The van der Waals surface area contributed by atoms with Crippen LogP contribution in [0.5, 0.6) is 0 Å². The minimum atomic E-state index is -0.375. The highest BCUT2D eigenvalue weighted by molar-refractivity contribution is 8.00. The van der Waals surface area contributed by atoms with Gasteiger partial charge in [-0.05, 0) is 42.5 Å². The lowest BCUT2D eigenvalue weighted by Crippen LogP contribution is -2.14. The summed E-state index contributed by atoms with van der Waals surface area (Å²) in [7, 11) is 0. The second-order valence-corrected chi connectivity index (χ2v) is 5.48. The van der Waals surface area contributed by atoms with Gasteiger partial charge < -0.3 is 11.1 Å². The van der Waals surface area contributed by atoms with Crippen molar-refractivity contribution in [1.82, 2.24) is 0 Å². The van der Waals surface area contributed by atoms with E-state index in [0.29, 0.717) is 21.3 Å². The molecule has 1 amide bonds. The Morgan fingerprint density at radius 3 is 2.65 bits per heavy atom. The Labute approximate surface area is 125 Å². The molecule has 0 saturated carbocycles. The van der Waals surface area contributed by atoms with E-state index in [-0.39, 0.29) is 17.5 Å². The van der Waals surface area contributed by atoms with Crippen LogP contribution < -0.4 is 11.1 Å². The molecule has 2 aromatic carbocycles. The lowest BCUT2D eigenvalue weighted by molar-refractivity contribution is -0.113. The molecule has 0 aliphatic carbocycles. The number of hydrogen-bond acceptors (Lipinski definition) is 3. The van der Waals surface area contributed by atoms with Crippen molar-refractivity contribution in [3.05, 3.63) is 53.3 Å². The largest absolute Gasteiger partial charge is 0.398 e. The molecule has 0 radical (unpaired) electrons. The first-order valence-electron chi connectivity index (χ1n) is 5.78. The van der Waals surface area contributed by atoms with Crippen LogP contribution in [0.4, 0.5) is 15.8 Å². The topological polar surface area (TPSA) is 55.1 Å². The molecular weight excluding hydrogens is 299 g/mol. The second-order valence-electron chi connectivity index (χ2n) is 4.03. The fourth-order valence-corrected chi connectivity index (χ4v) is 2.42. The van der Waals surface area contributed by atoms with Gasteiger partial charge in [-0.1, -0.05) is 11.6 Å². The molecular formula is C14H12ClFN2OS. The number of nitrogen functional groups attached to an aromatic ring is 1. The smallest absolute Gasteiger partial charge is 0.234 e. The summed E-state index contributed by atoms with van der Waals surface area (Å²) < 4.78 is 13.1. The molecule has 0 bridgehead atoms. The summed E-state index contributed by atoms with van der Waals surface area (Å²) in [4.78, 5) is 12.3. The standard InChI is InChI=1S/C14H12ClFN2OS/c15-9-1-4-11(5-2-9)18-14(19)8-20-13-7-10(16)3-6-12(13)17/h1-7H,8,17H2,(H,18,19). The number of benzene rings is 2. The molecule has 0 atom stereocenters. The Hall–Kier alpha value is -1.72. The van der Waals surface area contributed by atoms with Crippen molar-refractivity contribution in [3.63, 3.8) is 0 Å². The summed E-state index contributed by atoms with van der Waals surface area (Å²) >= 11 is 6.94. The molecule has 0 fully saturated rings. The van der Waals surface area contributed by atoms with Crippen LogP contribution in [0.3, 0.4) is 0 Å². The Kier molecular flexibility index (Phi) is 4.87. The second kappa shape index (κ2) is 6.63. The highest BCUT2D eigenvalue weighted by Gasteiger charge is 2.07. The van der Waals surface area contributed by atoms with Crippen molar-refractivity contribution in [3.8, 4) is 0 Å². The molecule has 0 heterocycles. The molecule has 20 heavy (non-hydrogen) atoms. The van der Waals surface area contributed by atoms with Crippen molar-refractivity contribution in [2.24, 2.45) is 0 Å². The van der Waals surface area contributed by atoms with Gasteiger partial charge in [-0.25, -0.2) is 4.39 Å². The maximum Gasteiger partial charge on any atom is 0.234 e. The summed E-state index contributed by atoms with van der Waals surface area (Å²) in [5.41, 5.74) is 6.82. The fraction of sp³-hybridized carbons (Fsp3) is 0.0714. The molecule has 0 saturated heterocycles. The number of thioether (sulfide) groups is 1. The van der Waals surface area contributed by atoms with Gasteiger partial charge >= 0.3 is 0 Å². The molecule has 3 nitrogen and oxygen atoms in total. The number of carbonyl (C=O) groups is 1. The van der Waals surface area contributed by atoms with E-state index in [0.717, 1.165) is 0 Å². The molecule has 0 unspecified atom stereocenters. The first-order chi connectivity index (χ1) is 9.54. The zero-order valence-corrected chi connectivity index (χ0v) is 12.0. The molecule has 2 aromatic rings. The Balaban J connectivity index is 1.92. The number of halogens is 2. The van der Waals surface area contributed by atoms with Crippen molar-refractivity contribution >= 4 is 40.6 Å². The van der Waals surface area contributed by atoms with Gasteiger partial charge in [0.2, 0.25) is 5.91 Å². The molecule has 0 spiro atoms. The van der Waals surface area contributed by atoms with Crippen molar-refractivity contribution < 1.29 is 9.18 Å². The van der Waals surface area contributed by atoms with E-state index in [2.05, 4.69) is 5.32 Å². The molecule has 104 valence electrons. The lowest BCUT2D eigenvalue weighted by atomic mass is 10.3. The van der Waals surface area contributed by atoms with Crippen LogP contribution in [0, 0.1) is 5.82 Å². The normalized spacial score (nSPS) is 10.3. The lowest BCUT2D eigenvalue weighted by Gasteiger charge is -2.07. The predicted octanol–water partition coefficient (Wildman–Crippen LogP) is 3.79.